The quantitative estimate of drug-likeness (QED) is 0.743. The highest BCUT2D eigenvalue weighted by Gasteiger charge is 2.33. The number of nitrogens with one attached hydrogen (secondary N) is 1. The first kappa shape index (κ1) is 18.9. The number of hydrogen-bond donors (Lipinski definition) is 3. The Morgan fingerprint density at radius 3 is 2.56 bits per heavy atom. The first-order valence-electron chi connectivity index (χ1n) is 8.52. The Bertz CT molecular complexity index is 823. The maximum Gasteiger partial charge on any atom is 0.404 e. The van der Waals surface area contributed by atoms with Crippen LogP contribution in [0, 0.1) is 11.6 Å². The maximum absolute atomic E-state index is 14.9. The predicted molar refractivity (Wildman–Crippen MR) is 95.3 cm³/mol. The minimum atomic E-state index is -1.20. The molecule has 2 aromatic carbocycles. The number of carbonyl (C=O) groups is 1. The van der Waals surface area contributed by atoms with E-state index in [1.54, 1.807) is 17.0 Å². The van der Waals surface area contributed by atoms with Gasteiger partial charge < -0.3 is 25.2 Å². The van der Waals surface area contributed by atoms with Crippen molar-refractivity contribution in [2.45, 2.75) is 18.4 Å². The molecule has 0 unspecified atom stereocenters. The number of anilines is 1. The number of hydrogen-bond acceptors (Lipinski definition) is 4. The Morgan fingerprint density at radius 1 is 1.19 bits per heavy atom. The van der Waals surface area contributed by atoms with Gasteiger partial charge >= 0.3 is 6.09 Å². The van der Waals surface area contributed by atoms with Crippen molar-refractivity contribution in [2.75, 3.05) is 24.5 Å². The van der Waals surface area contributed by atoms with E-state index in [-0.39, 0.29) is 18.0 Å². The summed E-state index contributed by atoms with van der Waals surface area (Å²) in [5, 5.41) is 21.3. The Kier molecular flexibility index (Phi) is 5.46. The number of piperidine rings is 1. The molecule has 1 amide bonds. The first-order chi connectivity index (χ1) is 12.9. The molecule has 144 valence electrons. The van der Waals surface area contributed by atoms with Crippen LogP contribution in [0.4, 0.5) is 19.3 Å². The van der Waals surface area contributed by atoms with Gasteiger partial charge in [0.1, 0.15) is 11.6 Å². The fourth-order valence-electron chi connectivity index (χ4n) is 3.06. The van der Waals surface area contributed by atoms with Crippen LogP contribution in [0.1, 0.15) is 12.8 Å². The molecular weight excluding hydrogens is 358 g/mol. The third-order valence-electron chi connectivity index (χ3n) is 4.57. The monoisotopic (exact) mass is 378 g/mol. The van der Waals surface area contributed by atoms with Gasteiger partial charge in [-0.1, -0.05) is 12.1 Å². The molecule has 0 bridgehead atoms. The van der Waals surface area contributed by atoms with E-state index in [1.165, 1.54) is 30.3 Å². The zero-order valence-corrected chi connectivity index (χ0v) is 14.5. The Morgan fingerprint density at radius 2 is 1.89 bits per heavy atom. The lowest BCUT2D eigenvalue weighted by Crippen LogP contribution is -2.51. The number of halogens is 2. The van der Waals surface area contributed by atoms with Crippen LogP contribution in [0.25, 0.3) is 0 Å². The van der Waals surface area contributed by atoms with Crippen molar-refractivity contribution in [3.8, 4) is 11.5 Å². The second-order valence-electron chi connectivity index (χ2n) is 6.52. The molecule has 1 heterocycles. The Hall–Kier alpha value is -2.87. The van der Waals surface area contributed by atoms with Gasteiger partial charge in [-0.15, -0.1) is 0 Å². The van der Waals surface area contributed by atoms with Gasteiger partial charge in [0.25, 0.3) is 0 Å². The van der Waals surface area contributed by atoms with Gasteiger partial charge in [-0.3, -0.25) is 0 Å². The van der Waals surface area contributed by atoms with Crippen molar-refractivity contribution in [1.82, 2.24) is 5.32 Å². The molecule has 0 aliphatic carbocycles. The number of aliphatic hydroxyl groups is 1. The molecule has 1 saturated heterocycles. The highest BCUT2D eigenvalue weighted by Crippen LogP contribution is 2.33. The molecule has 2 aromatic rings. The van der Waals surface area contributed by atoms with Crippen LogP contribution in [-0.2, 0) is 0 Å². The van der Waals surface area contributed by atoms with E-state index >= 15 is 0 Å². The molecule has 1 aliphatic heterocycles. The normalized spacial score (nSPS) is 16.0. The van der Waals surface area contributed by atoms with E-state index in [0.29, 0.717) is 31.6 Å². The number of amides is 1. The summed E-state index contributed by atoms with van der Waals surface area (Å²) in [5.41, 5.74) is -0.835. The number of rotatable bonds is 5. The SMILES string of the molecule is O=C(O)NCC1(O)CCN(c2cccc(Oc3cccc(F)c3)c2F)CC1. The van der Waals surface area contributed by atoms with Crippen LogP contribution in [-0.4, -0.2) is 41.5 Å². The van der Waals surface area contributed by atoms with Crippen molar-refractivity contribution in [1.29, 1.82) is 0 Å². The zero-order chi connectivity index (χ0) is 19.4. The van der Waals surface area contributed by atoms with Crippen molar-refractivity contribution >= 4 is 11.8 Å². The molecule has 0 radical (unpaired) electrons. The van der Waals surface area contributed by atoms with Crippen LogP contribution < -0.4 is 15.0 Å². The number of carboxylic acid groups (broad SMARTS) is 1. The van der Waals surface area contributed by atoms with Crippen LogP contribution in [0.15, 0.2) is 42.5 Å². The summed E-state index contributed by atoms with van der Waals surface area (Å²) >= 11 is 0. The summed E-state index contributed by atoms with van der Waals surface area (Å²) in [6, 6.07) is 10.2. The van der Waals surface area contributed by atoms with Gasteiger partial charge in [0, 0.05) is 25.7 Å². The predicted octanol–water partition coefficient (Wildman–Crippen LogP) is 3.36. The van der Waals surface area contributed by atoms with Crippen molar-refractivity contribution in [3.63, 3.8) is 0 Å². The molecule has 1 fully saturated rings. The highest BCUT2D eigenvalue weighted by molar-refractivity contribution is 5.64. The molecule has 3 rings (SSSR count). The molecule has 0 atom stereocenters. The Labute approximate surface area is 155 Å². The summed E-state index contributed by atoms with van der Waals surface area (Å²) in [5.74, 6) is -0.879. The summed E-state index contributed by atoms with van der Waals surface area (Å²) in [6.45, 7) is 0.650. The molecule has 8 heteroatoms. The molecule has 0 spiro atoms. The molecule has 6 nitrogen and oxygen atoms in total. The van der Waals surface area contributed by atoms with Gasteiger partial charge in [-0.25, -0.2) is 13.6 Å². The third-order valence-corrected chi connectivity index (χ3v) is 4.57. The lowest BCUT2D eigenvalue weighted by atomic mass is 9.91. The minimum Gasteiger partial charge on any atom is -0.465 e. The number of nitrogens with zero attached hydrogens (tertiary/aromatic N) is 1. The smallest absolute Gasteiger partial charge is 0.404 e. The van der Waals surface area contributed by atoms with Crippen LogP contribution in [0.2, 0.25) is 0 Å². The molecule has 27 heavy (non-hydrogen) atoms. The molecule has 0 aromatic heterocycles. The van der Waals surface area contributed by atoms with Crippen LogP contribution in [0.5, 0.6) is 11.5 Å². The van der Waals surface area contributed by atoms with E-state index in [0.717, 1.165) is 0 Å². The minimum absolute atomic E-state index is 0.0218. The van der Waals surface area contributed by atoms with Crippen molar-refractivity contribution < 1.29 is 28.5 Å². The average Bonchev–Trinajstić information content (AvgIpc) is 2.63. The lowest BCUT2D eigenvalue weighted by molar-refractivity contribution is 0.0172. The first-order valence-corrected chi connectivity index (χ1v) is 8.52. The average molecular weight is 378 g/mol. The number of ether oxygens (including phenoxy) is 1. The molecular formula is C19H20F2N2O4. The molecule has 1 aliphatic rings. The van der Waals surface area contributed by atoms with Gasteiger partial charge in [0.2, 0.25) is 0 Å². The van der Waals surface area contributed by atoms with E-state index in [4.69, 9.17) is 9.84 Å². The number of benzene rings is 2. The summed E-state index contributed by atoms with van der Waals surface area (Å²) in [7, 11) is 0. The van der Waals surface area contributed by atoms with Gasteiger partial charge in [0.15, 0.2) is 11.6 Å². The van der Waals surface area contributed by atoms with E-state index in [1.807, 2.05) is 0 Å². The fourth-order valence-corrected chi connectivity index (χ4v) is 3.06. The largest absolute Gasteiger partial charge is 0.465 e. The molecule has 0 saturated carbocycles. The second-order valence-corrected chi connectivity index (χ2v) is 6.52. The van der Waals surface area contributed by atoms with Crippen LogP contribution >= 0.6 is 0 Å². The van der Waals surface area contributed by atoms with Gasteiger partial charge in [0.05, 0.1) is 11.3 Å². The van der Waals surface area contributed by atoms with Gasteiger partial charge in [-0.2, -0.15) is 0 Å². The van der Waals surface area contributed by atoms with Crippen LogP contribution in [0.3, 0.4) is 0 Å². The zero-order valence-electron chi connectivity index (χ0n) is 14.5. The van der Waals surface area contributed by atoms with Crippen molar-refractivity contribution in [3.05, 3.63) is 54.1 Å². The Balaban J connectivity index is 1.70. The summed E-state index contributed by atoms with van der Waals surface area (Å²) in [6.07, 6.45) is -0.609. The third kappa shape index (κ3) is 4.65. The summed E-state index contributed by atoms with van der Waals surface area (Å²) in [4.78, 5) is 12.4. The van der Waals surface area contributed by atoms with E-state index in [9.17, 15) is 18.7 Å². The molecule has 3 N–H and O–H groups in total. The van der Waals surface area contributed by atoms with E-state index < -0.39 is 23.3 Å². The lowest BCUT2D eigenvalue weighted by Gasteiger charge is -2.39. The second kappa shape index (κ2) is 7.79. The highest BCUT2D eigenvalue weighted by atomic mass is 19.1. The van der Waals surface area contributed by atoms with Crippen molar-refractivity contribution in [2.24, 2.45) is 0 Å². The maximum atomic E-state index is 14.9. The van der Waals surface area contributed by atoms with Gasteiger partial charge in [-0.05, 0) is 37.1 Å². The fraction of sp³-hybridized carbons (Fsp3) is 0.316. The standard InChI is InChI=1S/C19H20F2N2O4/c20-13-3-1-4-14(11-13)27-16-6-2-5-15(17(16)21)23-9-7-19(26,8-10-23)12-22-18(24)25/h1-6,11,22,26H,7-10,12H2,(H,24,25). The topological polar surface area (TPSA) is 82.0 Å². The summed E-state index contributed by atoms with van der Waals surface area (Å²) < 4.78 is 33.6. The van der Waals surface area contributed by atoms with E-state index in [2.05, 4.69) is 5.32 Å².